The second-order valence-corrected chi connectivity index (χ2v) is 10.1. The monoisotopic (exact) mass is 543 g/mol. The fraction of sp³-hybridized carbons (Fsp3) is 0.357. The van der Waals surface area contributed by atoms with Gasteiger partial charge in [0.15, 0.2) is 0 Å². The van der Waals surface area contributed by atoms with E-state index in [1.807, 2.05) is 23.7 Å². The van der Waals surface area contributed by atoms with Gasteiger partial charge >= 0.3 is 0 Å². The van der Waals surface area contributed by atoms with Crippen LogP contribution in [0.4, 0.5) is 4.39 Å². The Morgan fingerprint density at radius 2 is 2.00 bits per heavy atom. The number of carbonyl (C=O) groups excluding carboxylic acids is 1. The van der Waals surface area contributed by atoms with Crippen LogP contribution in [-0.2, 0) is 11.2 Å². The number of fused-ring (bicyclic) bond motifs is 1. The predicted molar refractivity (Wildman–Crippen MR) is 143 cm³/mol. The topological polar surface area (TPSA) is 74.7 Å². The van der Waals surface area contributed by atoms with E-state index in [0.717, 1.165) is 22.2 Å². The molecule has 0 unspecified atom stereocenters. The molecule has 0 bridgehead atoms. The van der Waals surface area contributed by atoms with Crippen molar-refractivity contribution in [3.63, 3.8) is 0 Å². The van der Waals surface area contributed by atoms with E-state index < -0.39 is 11.2 Å². The molecule has 2 aromatic carbocycles. The molecule has 0 saturated carbocycles. The number of nitrogens with zero attached hydrogens (tertiary/aromatic N) is 2. The smallest absolute Gasteiger partial charge is 0.249 e. The minimum absolute atomic E-state index is 0.283. The van der Waals surface area contributed by atoms with Crippen molar-refractivity contribution in [3.05, 3.63) is 69.6 Å². The summed E-state index contributed by atoms with van der Waals surface area (Å²) in [5.74, 6) is 6.05. The number of aryl methyl sites for hydroxylation is 1. The second-order valence-electron chi connectivity index (χ2n) is 9.24. The van der Waals surface area contributed by atoms with Crippen molar-refractivity contribution >= 4 is 40.0 Å². The summed E-state index contributed by atoms with van der Waals surface area (Å²) in [4.78, 5) is 19.3. The molecule has 1 saturated heterocycles. The molecule has 4 rings (SSSR count). The van der Waals surface area contributed by atoms with Crippen LogP contribution < -0.4 is 10.2 Å². The summed E-state index contributed by atoms with van der Waals surface area (Å²) in [7, 11) is 1.62. The molecule has 6 nitrogen and oxygen atoms in total. The first-order valence-electron chi connectivity index (χ1n) is 12.1. The van der Waals surface area contributed by atoms with Gasteiger partial charge in [-0.3, -0.25) is 19.9 Å². The Balaban J connectivity index is 1.40. The Labute approximate surface area is 225 Å². The summed E-state index contributed by atoms with van der Waals surface area (Å²) in [5.41, 5.74) is 3.59. The average molecular weight is 544 g/mol. The molecule has 1 fully saturated rings. The van der Waals surface area contributed by atoms with Crippen molar-refractivity contribution in [3.8, 4) is 17.6 Å². The highest BCUT2D eigenvalue weighted by Gasteiger charge is 2.40. The average Bonchev–Trinajstić information content (AvgIpc) is 2.91. The fourth-order valence-corrected chi connectivity index (χ4v) is 5.33. The quantitative estimate of drug-likeness (QED) is 0.229. The van der Waals surface area contributed by atoms with E-state index in [0.29, 0.717) is 62.3 Å². The number of ether oxygens (including phenoxy) is 1. The molecule has 0 radical (unpaired) electrons. The zero-order valence-corrected chi connectivity index (χ0v) is 22.0. The Hall–Kier alpha value is -2.89. The molecule has 9 heteroatoms. The van der Waals surface area contributed by atoms with Gasteiger partial charge in [-0.25, -0.2) is 9.87 Å². The molecular weight excluding hydrogens is 516 g/mol. The number of hydrogen-bond donors (Lipinski definition) is 2. The molecule has 2 N–H and O–H groups in total. The van der Waals surface area contributed by atoms with Crippen molar-refractivity contribution in [1.29, 1.82) is 0 Å². The number of pyridine rings is 1. The third-order valence-electron chi connectivity index (χ3n) is 7.07. The lowest BCUT2D eigenvalue weighted by molar-refractivity contribution is -0.143. The number of nitrogens with one attached hydrogen (secondary N) is 1. The summed E-state index contributed by atoms with van der Waals surface area (Å²) in [6, 6.07) is 9.82. The van der Waals surface area contributed by atoms with Crippen LogP contribution >= 0.6 is 23.2 Å². The number of rotatable bonds is 7. The number of hydrogen-bond acceptors (Lipinski definition) is 5. The maximum absolute atomic E-state index is 13.2. The summed E-state index contributed by atoms with van der Waals surface area (Å²) < 4.78 is 18.6. The summed E-state index contributed by atoms with van der Waals surface area (Å²) in [6.45, 7) is 1.83. The molecule has 1 amide bonds. The molecule has 2 heterocycles. The molecule has 1 aliphatic heterocycles. The van der Waals surface area contributed by atoms with Gasteiger partial charge in [0.1, 0.15) is 11.6 Å². The third kappa shape index (κ3) is 6.34. The molecule has 0 atom stereocenters. The van der Waals surface area contributed by atoms with Crippen LogP contribution in [0.5, 0.6) is 5.75 Å². The van der Waals surface area contributed by atoms with Crippen LogP contribution in [0, 0.1) is 23.1 Å². The zero-order valence-electron chi connectivity index (χ0n) is 20.5. The minimum Gasteiger partial charge on any atom is -0.497 e. The Morgan fingerprint density at radius 1 is 1.22 bits per heavy atom. The standard InChI is InChI=1S/C28H28Cl2FN3O3/c1-37-21-8-9-26-23(17-21)22(25(30)18-32-26)5-2-10-28(27(35)33-36)11-14-34(15-12-28)13-3-4-19-6-7-20(31)16-24(19)29/h6-9,16-18,36H,2,5,10-15H2,1H3,(H,33,35). The first-order valence-corrected chi connectivity index (χ1v) is 12.8. The van der Waals surface area contributed by atoms with Crippen LogP contribution in [-0.4, -0.2) is 47.7 Å². The van der Waals surface area contributed by atoms with Gasteiger partial charge < -0.3 is 4.74 Å². The summed E-state index contributed by atoms with van der Waals surface area (Å²) >= 11 is 12.6. The lowest BCUT2D eigenvalue weighted by Crippen LogP contribution is -2.48. The number of likely N-dealkylation sites (tertiary alicyclic amines) is 1. The number of halogens is 3. The van der Waals surface area contributed by atoms with E-state index in [2.05, 4.69) is 21.7 Å². The van der Waals surface area contributed by atoms with Crippen LogP contribution in [0.1, 0.15) is 36.8 Å². The number of hydroxylamine groups is 1. The highest BCUT2D eigenvalue weighted by Crippen LogP contribution is 2.38. The van der Waals surface area contributed by atoms with Crippen LogP contribution in [0.15, 0.2) is 42.6 Å². The normalized spacial score (nSPS) is 15.2. The minimum atomic E-state index is -0.675. The molecule has 194 valence electrons. The van der Waals surface area contributed by atoms with Gasteiger partial charge in [-0.1, -0.05) is 35.0 Å². The Kier molecular flexibility index (Phi) is 8.88. The molecule has 1 aliphatic rings. The molecule has 37 heavy (non-hydrogen) atoms. The van der Waals surface area contributed by atoms with Gasteiger partial charge in [-0.2, -0.15) is 0 Å². The first-order chi connectivity index (χ1) is 17.8. The lowest BCUT2D eigenvalue weighted by atomic mass is 9.73. The molecule has 3 aromatic rings. The van der Waals surface area contributed by atoms with E-state index in [1.165, 1.54) is 12.1 Å². The maximum Gasteiger partial charge on any atom is 0.249 e. The van der Waals surface area contributed by atoms with E-state index in [1.54, 1.807) is 19.4 Å². The van der Waals surface area contributed by atoms with Gasteiger partial charge in [0.05, 0.1) is 34.6 Å². The number of benzene rings is 2. The van der Waals surface area contributed by atoms with E-state index in [9.17, 15) is 14.4 Å². The Bertz CT molecular complexity index is 1350. The van der Waals surface area contributed by atoms with Crippen molar-refractivity contribution in [2.45, 2.75) is 32.1 Å². The van der Waals surface area contributed by atoms with E-state index in [4.69, 9.17) is 27.9 Å². The van der Waals surface area contributed by atoms with Gasteiger partial charge in [0.25, 0.3) is 0 Å². The van der Waals surface area contributed by atoms with Crippen LogP contribution in [0.25, 0.3) is 10.9 Å². The van der Waals surface area contributed by atoms with Gasteiger partial charge in [0.2, 0.25) is 5.91 Å². The second kappa shape index (κ2) is 12.1. The van der Waals surface area contributed by atoms with E-state index in [-0.39, 0.29) is 10.9 Å². The van der Waals surface area contributed by atoms with Crippen LogP contribution in [0.2, 0.25) is 10.0 Å². The fourth-order valence-electron chi connectivity index (χ4n) is 4.87. The number of methoxy groups -OCH3 is 1. The molecular formula is C28H28Cl2FN3O3. The molecule has 1 aromatic heterocycles. The van der Waals surface area contributed by atoms with Crippen LogP contribution in [0.3, 0.4) is 0 Å². The highest BCUT2D eigenvalue weighted by atomic mass is 35.5. The molecule has 0 aliphatic carbocycles. The zero-order chi connectivity index (χ0) is 26.4. The molecule has 0 spiro atoms. The maximum atomic E-state index is 13.2. The third-order valence-corrected chi connectivity index (χ3v) is 7.71. The van der Waals surface area contributed by atoms with Gasteiger partial charge in [0, 0.05) is 30.2 Å². The lowest BCUT2D eigenvalue weighted by Gasteiger charge is -2.39. The van der Waals surface area contributed by atoms with Crippen molar-refractivity contribution in [2.24, 2.45) is 5.41 Å². The van der Waals surface area contributed by atoms with Crippen molar-refractivity contribution in [2.75, 3.05) is 26.7 Å². The number of amides is 1. The highest BCUT2D eigenvalue weighted by molar-refractivity contribution is 6.32. The Morgan fingerprint density at radius 3 is 2.70 bits per heavy atom. The van der Waals surface area contributed by atoms with E-state index >= 15 is 0 Å². The van der Waals surface area contributed by atoms with Crippen molar-refractivity contribution < 1.29 is 19.1 Å². The van der Waals surface area contributed by atoms with Gasteiger partial charge in [-0.15, -0.1) is 0 Å². The number of carbonyl (C=O) groups is 1. The van der Waals surface area contributed by atoms with Gasteiger partial charge in [-0.05, 0) is 74.1 Å². The summed E-state index contributed by atoms with van der Waals surface area (Å²) in [5, 5.41) is 11.3. The number of piperidine rings is 1. The SMILES string of the molecule is COc1ccc2ncc(Cl)c(CCCC3(C(=O)NO)CCN(CC#Cc4ccc(F)cc4Cl)CC3)c2c1. The van der Waals surface area contributed by atoms with Crippen molar-refractivity contribution in [1.82, 2.24) is 15.4 Å². The number of aromatic nitrogens is 1. The predicted octanol–water partition coefficient (Wildman–Crippen LogP) is 5.65. The first kappa shape index (κ1) is 27.2. The summed E-state index contributed by atoms with van der Waals surface area (Å²) in [6.07, 6.45) is 4.83. The largest absolute Gasteiger partial charge is 0.497 e.